The number of hydrogen-bond donors (Lipinski definition) is 1. The van der Waals surface area contributed by atoms with Crippen LogP contribution in [0.3, 0.4) is 0 Å². The van der Waals surface area contributed by atoms with Crippen LogP contribution in [0.15, 0.2) is 29.2 Å². The summed E-state index contributed by atoms with van der Waals surface area (Å²) in [5.74, 6) is -0.609. The number of nitrogens with zero attached hydrogens (tertiary/aromatic N) is 2. The second-order valence-corrected chi connectivity index (χ2v) is 8.00. The van der Waals surface area contributed by atoms with Gasteiger partial charge < -0.3 is 0 Å². The molecule has 0 atom stereocenters. The Balaban J connectivity index is 2.00. The molecule has 1 heterocycles. The fourth-order valence-electron chi connectivity index (χ4n) is 1.64. The van der Waals surface area contributed by atoms with Gasteiger partial charge in [-0.2, -0.15) is 0 Å². The second-order valence-electron chi connectivity index (χ2n) is 4.56. The molecule has 0 saturated carbocycles. The van der Waals surface area contributed by atoms with Crippen molar-refractivity contribution in [3.05, 3.63) is 34.8 Å². The number of aryl methyl sites for hydroxylation is 2. The molecule has 0 bridgehead atoms. The molecular formula is C13H14ClN3O3S2. The molecule has 0 spiro atoms. The summed E-state index contributed by atoms with van der Waals surface area (Å²) in [5.41, 5.74) is 1.00. The minimum atomic E-state index is -3.36. The normalized spacial score (nSPS) is 11.4. The van der Waals surface area contributed by atoms with Crippen molar-refractivity contribution in [2.75, 3.05) is 16.9 Å². The summed E-state index contributed by atoms with van der Waals surface area (Å²) in [6, 6.07) is 6.71. The van der Waals surface area contributed by atoms with Crippen molar-refractivity contribution in [1.82, 2.24) is 10.2 Å². The van der Waals surface area contributed by atoms with Crippen LogP contribution in [0.2, 0.25) is 0 Å². The zero-order valence-corrected chi connectivity index (χ0v) is 14.1. The van der Waals surface area contributed by atoms with Gasteiger partial charge in [-0.05, 0) is 19.1 Å². The van der Waals surface area contributed by atoms with Crippen LogP contribution in [0, 0.1) is 6.92 Å². The molecule has 2 aromatic rings. The van der Waals surface area contributed by atoms with Crippen molar-refractivity contribution in [1.29, 1.82) is 0 Å². The van der Waals surface area contributed by atoms with Gasteiger partial charge in [0.15, 0.2) is 9.84 Å². The third-order valence-electron chi connectivity index (χ3n) is 2.80. The van der Waals surface area contributed by atoms with E-state index in [0.717, 1.165) is 16.9 Å². The van der Waals surface area contributed by atoms with Gasteiger partial charge >= 0.3 is 0 Å². The molecule has 22 heavy (non-hydrogen) atoms. The van der Waals surface area contributed by atoms with Crippen molar-refractivity contribution >= 4 is 43.8 Å². The number of carbonyl (C=O) groups is 1. The summed E-state index contributed by atoms with van der Waals surface area (Å²) in [7, 11) is -3.36. The Morgan fingerprint density at radius 1 is 1.27 bits per heavy atom. The van der Waals surface area contributed by atoms with Crippen molar-refractivity contribution in [3.8, 4) is 0 Å². The number of sulfone groups is 1. The maximum Gasteiger partial charge on any atom is 0.241 e. The Hall–Kier alpha value is -1.51. The van der Waals surface area contributed by atoms with E-state index in [1.54, 1.807) is 24.3 Å². The topological polar surface area (TPSA) is 89.0 Å². The van der Waals surface area contributed by atoms with E-state index in [1.165, 1.54) is 0 Å². The van der Waals surface area contributed by atoms with Gasteiger partial charge in [0.25, 0.3) is 0 Å². The van der Waals surface area contributed by atoms with Crippen molar-refractivity contribution in [3.63, 3.8) is 0 Å². The molecule has 9 heteroatoms. The van der Waals surface area contributed by atoms with Crippen LogP contribution in [0.5, 0.6) is 0 Å². The molecule has 0 saturated heterocycles. The molecule has 0 radical (unpaired) electrons. The summed E-state index contributed by atoms with van der Waals surface area (Å²) >= 11 is 6.51. The monoisotopic (exact) mass is 359 g/mol. The van der Waals surface area contributed by atoms with Crippen molar-refractivity contribution in [2.24, 2.45) is 0 Å². The quantitative estimate of drug-likeness (QED) is 0.797. The average Bonchev–Trinajstić information content (AvgIpc) is 2.93. The number of rotatable bonds is 6. The smallest absolute Gasteiger partial charge is 0.241 e. The van der Waals surface area contributed by atoms with E-state index >= 15 is 0 Å². The fourth-order valence-corrected chi connectivity index (χ4v) is 3.84. The molecule has 1 aromatic heterocycles. The predicted molar refractivity (Wildman–Crippen MR) is 86.2 cm³/mol. The van der Waals surface area contributed by atoms with E-state index in [2.05, 4.69) is 15.5 Å². The van der Waals surface area contributed by atoms with Crippen molar-refractivity contribution < 1.29 is 13.2 Å². The van der Waals surface area contributed by atoms with Crippen molar-refractivity contribution in [2.45, 2.75) is 18.2 Å². The molecule has 1 aromatic carbocycles. The SMILES string of the molecule is Cc1ccc(S(=O)(=O)CCc2nnc(NC(=O)CCl)s2)cc1. The predicted octanol–water partition coefficient (Wildman–Crippen LogP) is 2.04. The number of aromatic nitrogens is 2. The first-order valence-corrected chi connectivity index (χ1v) is 9.38. The lowest BCUT2D eigenvalue weighted by molar-refractivity contribution is -0.113. The summed E-state index contributed by atoms with van der Waals surface area (Å²) in [4.78, 5) is 11.4. The van der Waals surface area contributed by atoms with Crippen LogP contribution >= 0.6 is 22.9 Å². The summed E-state index contributed by atoms with van der Waals surface area (Å²) < 4.78 is 24.4. The standard InChI is InChI=1S/C13H14ClN3O3S2/c1-9-2-4-10(5-3-9)22(19,20)7-6-12-16-17-13(21-12)15-11(18)8-14/h2-5H,6-8H2,1H3,(H,15,17,18). The summed E-state index contributed by atoms with van der Waals surface area (Å²) in [6.07, 6.45) is 0.241. The lowest BCUT2D eigenvalue weighted by Gasteiger charge is -2.03. The maximum atomic E-state index is 12.2. The lowest BCUT2D eigenvalue weighted by Crippen LogP contribution is -2.12. The number of amides is 1. The molecule has 1 N–H and O–H groups in total. The van der Waals surface area contributed by atoms with Gasteiger partial charge in [0.1, 0.15) is 10.9 Å². The van der Waals surface area contributed by atoms with Gasteiger partial charge in [0.05, 0.1) is 10.6 Å². The Labute approximate surface area is 137 Å². The molecule has 0 unspecified atom stereocenters. The van der Waals surface area contributed by atoms with E-state index < -0.39 is 9.84 Å². The van der Waals surface area contributed by atoms with Crippen LogP contribution in [0.1, 0.15) is 10.6 Å². The number of alkyl halides is 1. The number of nitrogens with one attached hydrogen (secondary N) is 1. The highest BCUT2D eigenvalue weighted by atomic mass is 35.5. The highest BCUT2D eigenvalue weighted by Crippen LogP contribution is 2.18. The van der Waals surface area contributed by atoms with Gasteiger partial charge in [-0.3, -0.25) is 10.1 Å². The van der Waals surface area contributed by atoms with E-state index in [0.29, 0.717) is 15.0 Å². The van der Waals surface area contributed by atoms with Gasteiger partial charge in [0, 0.05) is 6.42 Å². The number of anilines is 1. The van der Waals surface area contributed by atoms with Crippen LogP contribution in [-0.2, 0) is 21.1 Å². The molecular weight excluding hydrogens is 346 g/mol. The van der Waals surface area contributed by atoms with Gasteiger partial charge in [0.2, 0.25) is 11.0 Å². The van der Waals surface area contributed by atoms with Crippen LogP contribution in [-0.4, -0.2) is 36.2 Å². The first kappa shape index (κ1) is 16.9. The average molecular weight is 360 g/mol. The fraction of sp³-hybridized carbons (Fsp3) is 0.308. The van der Waals surface area contributed by atoms with Gasteiger partial charge in [-0.25, -0.2) is 8.42 Å². The minimum absolute atomic E-state index is 0.0614. The highest BCUT2D eigenvalue weighted by Gasteiger charge is 2.16. The van der Waals surface area contributed by atoms with E-state index in [4.69, 9.17) is 11.6 Å². The molecule has 0 aliphatic carbocycles. The van der Waals surface area contributed by atoms with Gasteiger partial charge in [-0.1, -0.05) is 29.0 Å². The van der Waals surface area contributed by atoms with Crippen LogP contribution < -0.4 is 5.32 Å². The maximum absolute atomic E-state index is 12.2. The molecule has 2 rings (SSSR count). The Kier molecular flexibility index (Phi) is 5.49. The zero-order chi connectivity index (χ0) is 16.2. The van der Waals surface area contributed by atoms with Crippen LogP contribution in [0.25, 0.3) is 0 Å². The van der Waals surface area contributed by atoms with E-state index in [1.807, 2.05) is 6.92 Å². The lowest BCUT2D eigenvalue weighted by atomic mass is 10.2. The van der Waals surface area contributed by atoms with Gasteiger partial charge in [-0.15, -0.1) is 21.8 Å². The third-order valence-corrected chi connectivity index (χ3v) is 5.67. The van der Waals surface area contributed by atoms with Crippen LogP contribution in [0.4, 0.5) is 5.13 Å². The number of benzene rings is 1. The first-order valence-electron chi connectivity index (χ1n) is 6.38. The van der Waals surface area contributed by atoms with E-state index in [9.17, 15) is 13.2 Å². The first-order chi connectivity index (χ1) is 10.4. The molecule has 0 aliphatic rings. The number of halogens is 1. The Morgan fingerprint density at radius 2 is 1.95 bits per heavy atom. The Bertz CT molecular complexity index is 757. The summed E-state index contributed by atoms with van der Waals surface area (Å²) in [5, 5.41) is 11.0. The molecule has 6 nitrogen and oxygen atoms in total. The molecule has 0 aliphatic heterocycles. The molecule has 1 amide bonds. The molecule has 118 valence electrons. The second kappa shape index (κ2) is 7.17. The zero-order valence-electron chi connectivity index (χ0n) is 11.7. The summed E-state index contributed by atoms with van der Waals surface area (Å²) in [6.45, 7) is 1.90. The highest BCUT2D eigenvalue weighted by molar-refractivity contribution is 7.91. The number of carbonyl (C=O) groups excluding carboxylic acids is 1. The largest absolute Gasteiger partial charge is 0.299 e. The third kappa shape index (κ3) is 4.49. The van der Waals surface area contributed by atoms with E-state index in [-0.39, 0.29) is 24.0 Å². The number of hydrogen-bond acceptors (Lipinski definition) is 6. The molecule has 0 fully saturated rings. The Morgan fingerprint density at radius 3 is 2.59 bits per heavy atom. The minimum Gasteiger partial charge on any atom is -0.299 e.